The number of nitrogens with one attached hydrogen (secondary N) is 1. The smallest absolute Gasteiger partial charge is 0.224 e. The van der Waals surface area contributed by atoms with E-state index in [1.807, 2.05) is 4.90 Å². The molecule has 160 valence electrons. The van der Waals surface area contributed by atoms with Crippen molar-refractivity contribution in [2.45, 2.75) is 45.1 Å². The third-order valence-corrected chi connectivity index (χ3v) is 6.21. The largest absolute Gasteiger partial charge is 0.383 e. The number of amides is 2. The zero-order valence-corrected chi connectivity index (χ0v) is 17.9. The maximum absolute atomic E-state index is 12.7. The van der Waals surface area contributed by atoms with Gasteiger partial charge in [-0.05, 0) is 49.3 Å². The Kier molecular flexibility index (Phi) is 8.07. The summed E-state index contributed by atoms with van der Waals surface area (Å²) in [5, 5.41) is 2.72. The number of rotatable bonds is 9. The second-order valence-electron chi connectivity index (χ2n) is 8.40. The second kappa shape index (κ2) is 10.7. The first kappa shape index (κ1) is 21.8. The number of hydrogen-bond acceptors (Lipinski definition) is 4. The number of carbonyl (C=O) groups excluding carboxylic acids is 2. The molecule has 0 radical (unpaired) electrons. The Bertz CT molecular complexity index is 669. The lowest BCUT2D eigenvalue weighted by Crippen LogP contribution is -2.47. The van der Waals surface area contributed by atoms with Gasteiger partial charge in [0, 0.05) is 52.7 Å². The van der Waals surface area contributed by atoms with Gasteiger partial charge in [0.25, 0.3) is 0 Å². The molecule has 0 bridgehead atoms. The normalized spacial score (nSPS) is 19.7. The second-order valence-corrected chi connectivity index (χ2v) is 8.40. The summed E-state index contributed by atoms with van der Waals surface area (Å²) < 4.78 is 5.22. The molecular weight excluding hydrogens is 366 g/mol. The number of nitrogens with zero attached hydrogens (tertiary/aromatic N) is 2. The van der Waals surface area contributed by atoms with E-state index in [0.29, 0.717) is 38.1 Å². The van der Waals surface area contributed by atoms with Crippen molar-refractivity contribution in [3.63, 3.8) is 0 Å². The van der Waals surface area contributed by atoms with E-state index in [1.54, 1.807) is 7.11 Å². The van der Waals surface area contributed by atoms with Crippen molar-refractivity contribution in [1.82, 2.24) is 15.1 Å². The third kappa shape index (κ3) is 6.28. The molecule has 0 spiro atoms. The van der Waals surface area contributed by atoms with Crippen molar-refractivity contribution in [2.75, 3.05) is 46.4 Å². The summed E-state index contributed by atoms with van der Waals surface area (Å²) >= 11 is 0. The van der Waals surface area contributed by atoms with Crippen molar-refractivity contribution < 1.29 is 14.3 Å². The van der Waals surface area contributed by atoms with E-state index >= 15 is 0 Å². The van der Waals surface area contributed by atoms with Crippen LogP contribution in [0.25, 0.3) is 0 Å². The number of benzene rings is 1. The van der Waals surface area contributed by atoms with Crippen LogP contribution in [0.2, 0.25) is 0 Å². The average molecular weight is 402 g/mol. The van der Waals surface area contributed by atoms with Gasteiger partial charge in [-0.15, -0.1) is 0 Å². The topological polar surface area (TPSA) is 61.9 Å². The van der Waals surface area contributed by atoms with Gasteiger partial charge in [0.15, 0.2) is 0 Å². The number of ether oxygens (including phenoxy) is 1. The van der Waals surface area contributed by atoms with Gasteiger partial charge in [-0.25, -0.2) is 0 Å². The van der Waals surface area contributed by atoms with Crippen molar-refractivity contribution in [2.24, 2.45) is 5.92 Å². The lowest BCUT2D eigenvalue weighted by Gasteiger charge is -2.38. The highest BCUT2D eigenvalue weighted by Gasteiger charge is 2.31. The molecule has 1 aromatic rings. The maximum atomic E-state index is 12.7. The van der Waals surface area contributed by atoms with Crippen LogP contribution in [0.15, 0.2) is 24.3 Å². The molecule has 0 aromatic heterocycles. The summed E-state index contributed by atoms with van der Waals surface area (Å²) in [5.41, 5.74) is 2.99. The molecule has 3 rings (SSSR count). The monoisotopic (exact) mass is 401 g/mol. The minimum atomic E-state index is -0.0956. The van der Waals surface area contributed by atoms with Gasteiger partial charge in [0.05, 0.1) is 6.61 Å². The van der Waals surface area contributed by atoms with Crippen LogP contribution in [0.3, 0.4) is 0 Å². The number of likely N-dealkylation sites (tertiary alicyclic amines) is 1. The van der Waals surface area contributed by atoms with Crippen LogP contribution in [0.4, 0.5) is 0 Å². The first-order valence-corrected chi connectivity index (χ1v) is 10.9. The van der Waals surface area contributed by atoms with Gasteiger partial charge in [-0.1, -0.05) is 24.3 Å². The Labute approximate surface area is 174 Å². The SMILES string of the molecule is COCCN(C[C@@H]1CCCN(C2Cc3ccccc3C2)C1)C(=O)CCNC(C)=O. The zero-order chi connectivity index (χ0) is 20.6. The summed E-state index contributed by atoms with van der Waals surface area (Å²) in [7, 11) is 1.67. The van der Waals surface area contributed by atoms with Crippen molar-refractivity contribution in [3.8, 4) is 0 Å². The van der Waals surface area contributed by atoms with Crippen molar-refractivity contribution in [3.05, 3.63) is 35.4 Å². The molecule has 2 amide bonds. The quantitative estimate of drug-likeness (QED) is 0.686. The van der Waals surface area contributed by atoms with Crippen LogP contribution in [-0.4, -0.2) is 74.1 Å². The van der Waals surface area contributed by atoms with Crippen molar-refractivity contribution in [1.29, 1.82) is 0 Å². The zero-order valence-electron chi connectivity index (χ0n) is 17.9. The Hall–Kier alpha value is -1.92. The van der Waals surface area contributed by atoms with Crippen LogP contribution in [0, 0.1) is 5.92 Å². The highest BCUT2D eigenvalue weighted by Crippen LogP contribution is 2.29. The van der Waals surface area contributed by atoms with Gasteiger partial charge < -0.3 is 15.0 Å². The minimum absolute atomic E-state index is 0.0956. The lowest BCUT2D eigenvalue weighted by molar-refractivity contribution is -0.132. The van der Waals surface area contributed by atoms with E-state index in [2.05, 4.69) is 34.5 Å². The number of fused-ring (bicyclic) bond motifs is 1. The van der Waals surface area contributed by atoms with Crippen LogP contribution < -0.4 is 5.32 Å². The average Bonchev–Trinajstić information content (AvgIpc) is 3.15. The number of piperidine rings is 1. The molecule has 6 nitrogen and oxygen atoms in total. The predicted octanol–water partition coefficient (Wildman–Crippen LogP) is 1.87. The molecule has 1 aliphatic heterocycles. The Morgan fingerprint density at radius 2 is 1.97 bits per heavy atom. The Morgan fingerprint density at radius 1 is 1.24 bits per heavy atom. The molecule has 1 N–H and O–H groups in total. The summed E-state index contributed by atoms with van der Waals surface area (Å²) in [6.07, 6.45) is 4.99. The van der Waals surface area contributed by atoms with E-state index in [4.69, 9.17) is 4.74 Å². The fourth-order valence-corrected chi connectivity index (χ4v) is 4.71. The standard InChI is InChI=1S/C23H35N3O3/c1-18(27)24-10-9-23(28)26(12-13-29-2)17-19-6-5-11-25(16-19)22-14-20-7-3-4-8-21(20)15-22/h3-4,7-8,19,22H,5-6,9-17H2,1-2H3,(H,24,27)/t19-/m1/s1. The van der Waals surface area contributed by atoms with E-state index in [9.17, 15) is 9.59 Å². The molecule has 1 fully saturated rings. The highest BCUT2D eigenvalue weighted by atomic mass is 16.5. The lowest BCUT2D eigenvalue weighted by atomic mass is 9.95. The predicted molar refractivity (Wildman–Crippen MR) is 114 cm³/mol. The minimum Gasteiger partial charge on any atom is -0.383 e. The Balaban J connectivity index is 1.53. The molecule has 1 aromatic carbocycles. The van der Waals surface area contributed by atoms with Crippen LogP contribution in [-0.2, 0) is 27.2 Å². The van der Waals surface area contributed by atoms with Gasteiger partial charge in [0.2, 0.25) is 11.8 Å². The van der Waals surface area contributed by atoms with E-state index in [1.165, 1.54) is 30.9 Å². The number of carbonyl (C=O) groups is 2. The van der Waals surface area contributed by atoms with Gasteiger partial charge in [0.1, 0.15) is 0 Å². The highest BCUT2D eigenvalue weighted by molar-refractivity contribution is 5.78. The third-order valence-electron chi connectivity index (χ3n) is 6.21. The Morgan fingerprint density at radius 3 is 2.62 bits per heavy atom. The first-order chi connectivity index (χ1) is 14.1. The van der Waals surface area contributed by atoms with E-state index < -0.39 is 0 Å². The molecule has 6 heteroatoms. The molecule has 2 aliphatic rings. The van der Waals surface area contributed by atoms with Gasteiger partial charge in [-0.3, -0.25) is 14.5 Å². The first-order valence-electron chi connectivity index (χ1n) is 10.9. The molecule has 29 heavy (non-hydrogen) atoms. The summed E-state index contributed by atoms with van der Waals surface area (Å²) in [4.78, 5) is 28.3. The fourth-order valence-electron chi connectivity index (χ4n) is 4.71. The number of hydrogen-bond donors (Lipinski definition) is 1. The summed E-state index contributed by atoms with van der Waals surface area (Å²) in [6.45, 7) is 6.02. The van der Waals surface area contributed by atoms with Crippen LogP contribution in [0.5, 0.6) is 0 Å². The molecule has 1 aliphatic carbocycles. The van der Waals surface area contributed by atoms with Crippen LogP contribution in [0.1, 0.15) is 37.3 Å². The van der Waals surface area contributed by atoms with Gasteiger partial charge in [-0.2, -0.15) is 0 Å². The molecule has 0 saturated carbocycles. The van der Waals surface area contributed by atoms with Crippen molar-refractivity contribution >= 4 is 11.8 Å². The van der Waals surface area contributed by atoms with E-state index in [0.717, 1.165) is 32.5 Å². The molecule has 1 atom stereocenters. The van der Waals surface area contributed by atoms with E-state index in [-0.39, 0.29) is 11.8 Å². The number of methoxy groups -OCH3 is 1. The fraction of sp³-hybridized carbons (Fsp3) is 0.652. The summed E-state index contributed by atoms with van der Waals surface area (Å²) in [6, 6.07) is 9.40. The maximum Gasteiger partial charge on any atom is 0.224 e. The summed E-state index contributed by atoms with van der Waals surface area (Å²) in [5.74, 6) is 0.497. The molecular formula is C23H35N3O3. The van der Waals surface area contributed by atoms with Gasteiger partial charge >= 0.3 is 0 Å². The molecule has 1 saturated heterocycles. The molecule has 1 heterocycles. The molecule has 0 unspecified atom stereocenters. The van der Waals surface area contributed by atoms with Crippen LogP contribution >= 0.6 is 0 Å².